The highest BCUT2D eigenvalue weighted by Crippen LogP contribution is 2.25. The molecule has 0 aliphatic heterocycles. The van der Waals surface area contributed by atoms with E-state index in [0.717, 1.165) is 16.9 Å². The highest BCUT2D eigenvalue weighted by atomic mass is 15.0. The Balaban J connectivity index is 0.000000418. The van der Waals surface area contributed by atoms with Gasteiger partial charge in [-0.3, -0.25) is 19.9 Å². The van der Waals surface area contributed by atoms with Crippen LogP contribution < -0.4 is 0 Å². The van der Waals surface area contributed by atoms with Gasteiger partial charge >= 0.3 is 0 Å². The first-order chi connectivity index (χ1) is 33.5. The van der Waals surface area contributed by atoms with Gasteiger partial charge in [-0.1, -0.05) is 87.4 Å². The van der Waals surface area contributed by atoms with Crippen LogP contribution in [0.3, 0.4) is 0 Å². The number of rotatable bonds is 0. The highest BCUT2D eigenvalue weighted by Gasteiger charge is 2.08. The summed E-state index contributed by atoms with van der Waals surface area (Å²) in [5, 5.41) is 9.18. The monoisotopic (exact) mass is 950 g/mol. The Labute approximate surface area is 423 Å². The van der Waals surface area contributed by atoms with E-state index in [9.17, 15) is 0 Å². The average Bonchev–Trinajstić information content (AvgIpc) is 4.12. The van der Waals surface area contributed by atoms with Crippen LogP contribution in [0, 0.1) is 76.2 Å². The van der Waals surface area contributed by atoms with Gasteiger partial charge in [0.05, 0.1) is 16.7 Å². The lowest BCUT2D eigenvalue weighted by Crippen LogP contribution is -1.88. The van der Waals surface area contributed by atoms with Gasteiger partial charge in [-0.05, 0) is 121 Å². The molecule has 0 radical (unpaired) electrons. The van der Waals surface area contributed by atoms with E-state index in [1.807, 2.05) is 113 Å². The Bertz CT molecular complexity index is 2620. The number of aryl methyl sites for hydroxylation is 15. The number of fused-ring (bicyclic) bond motifs is 5. The molecular weight excluding hydrogens is 859 g/mol. The zero-order valence-corrected chi connectivity index (χ0v) is 48.3. The molecule has 0 fully saturated rings. The Kier molecular flexibility index (Phi) is 26.5. The van der Waals surface area contributed by atoms with Crippen molar-refractivity contribution < 1.29 is 0 Å². The molecule has 0 aliphatic rings. The van der Waals surface area contributed by atoms with Crippen molar-refractivity contribution >= 4 is 48.7 Å². The molecule has 0 aliphatic carbocycles. The molecule has 9 heterocycles. The van der Waals surface area contributed by atoms with E-state index < -0.39 is 0 Å². The Morgan fingerprint density at radius 3 is 1.34 bits per heavy atom. The van der Waals surface area contributed by atoms with Crippen LogP contribution in [0.15, 0.2) is 98.5 Å². The average molecular weight is 950 g/mol. The van der Waals surface area contributed by atoms with Crippen LogP contribution in [0.1, 0.15) is 131 Å². The molecular formula is C61H91N9. The second-order valence-electron chi connectivity index (χ2n) is 16.2. The third kappa shape index (κ3) is 14.8. The van der Waals surface area contributed by atoms with Crippen molar-refractivity contribution in [3.05, 3.63) is 160 Å². The van der Waals surface area contributed by atoms with E-state index in [0.29, 0.717) is 0 Å². The van der Waals surface area contributed by atoms with E-state index in [-0.39, 0.29) is 0 Å². The lowest BCUT2D eigenvalue weighted by atomic mass is 10.1. The summed E-state index contributed by atoms with van der Waals surface area (Å²) in [6, 6.07) is 10.5. The summed E-state index contributed by atoms with van der Waals surface area (Å²) in [6.45, 7) is 43.3. The fourth-order valence-electron chi connectivity index (χ4n) is 8.29. The van der Waals surface area contributed by atoms with E-state index in [2.05, 4.69) is 201 Å². The van der Waals surface area contributed by atoms with Crippen molar-refractivity contribution in [3.63, 3.8) is 0 Å². The van der Waals surface area contributed by atoms with Gasteiger partial charge in [-0.15, -0.1) is 0 Å². The summed E-state index contributed by atoms with van der Waals surface area (Å²) >= 11 is 0. The second-order valence-corrected chi connectivity index (χ2v) is 16.2. The van der Waals surface area contributed by atoms with Crippen LogP contribution in [0.5, 0.6) is 0 Å². The SMILES string of the molecule is CC.CC.CC.CC.CC.Cc1cccc2cn(C)c(C)c12.Cc1ccnc2cn(C)c(C)c12.Cc1cn2ccnc(C)c2c1C.Cc1cncc2cn(C)c(C)c12.Cc1nccc2cn(C)c(C)c12. The van der Waals surface area contributed by atoms with E-state index >= 15 is 0 Å². The molecule has 0 saturated heterocycles. The smallest absolute Gasteiger partial charge is 0.0883 e. The molecule has 0 atom stereocenters. The molecule has 9 nitrogen and oxygen atoms in total. The fraction of sp³-hybridized carbons (Fsp3) is 0.410. The number of hydrogen-bond acceptors (Lipinski definition) is 4. The highest BCUT2D eigenvalue weighted by molar-refractivity contribution is 5.89. The number of benzene rings is 1. The third-order valence-corrected chi connectivity index (χ3v) is 12.1. The Morgan fingerprint density at radius 2 is 0.829 bits per heavy atom. The van der Waals surface area contributed by atoms with Crippen molar-refractivity contribution in [2.24, 2.45) is 28.2 Å². The minimum atomic E-state index is 1.09. The molecule has 380 valence electrons. The molecule has 0 spiro atoms. The van der Waals surface area contributed by atoms with Gasteiger partial charge in [0.15, 0.2) is 0 Å². The van der Waals surface area contributed by atoms with Crippen LogP contribution >= 0.6 is 0 Å². The normalized spacial score (nSPS) is 9.79. The Morgan fingerprint density at radius 1 is 0.371 bits per heavy atom. The molecule has 0 N–H and O–H groups in total. The van der Waals surface area contributed by atoms with Crippen LogP contribution in [0.2, 0.25) is 0 Å². The molecule has 0 amide bonds. The Hall–Kier alpha value is -6.48. The first kappa shape index (κ1) is 61.5. The van der Waals surface area contributed by atoms with Gasteiger partial charge in [-0.25, -0.2) is 0 Å². The quantitative estimate of drug-likeness (QED) is 0.152. The number of aromatic nitrogens is 9. The van der Waals surface area contributed by atoms with E-state index in [4.69, 9.17) is 0 Å². The topological polar surface area (TPSA) is 75.7 Å². The van der Waals surface area contributed by atoms with Crippen LogP contribution in [0.25, 0.3) is 48.7 Å². The zero-order valence-electron chi connectivity index (χ0n) is 48.3. The largest absolute Gasteiger partial charge is 0.353 e. The van der Waals surface area contributed by atoms with Crippen molar-refractivity contribution in [3.8, 4) is 0 Å². The van der Waals surface area contributed by atoms with Crippen LogP contribution in [-0.2, 0) is 28.2 Å². The predicted octanol–water partition coefficient (Wildman–Crippen LogP) is 16.8. The number of pyridine rings is 3. The van der Waals surface area contributed by atoms with Gasteiger partial charge in [-0.2, -0.15) is 0 Å². The van der Waals surface area contributed by atoms with Gasteiger partial charge in [0.1, 0.15) is 0 Å². The minimum absolute atomic E-state index is 1.09. The molecule has 0 unspecified atom stereocenters. The van der Waals surface area contributed by atoms with Gasteiger partial charge in [0, 0.05) is 157 Å². The summed E-state index contributed by atoms with van der Waals surface area (Å²) in [6.07, 6.45) is 22.0. The molecule has 9 aromatic heterocycles. The second kappa shape index (κ2) is 30.2. The van der Waals surface area contributed by atoms with Crippen molar-refractivity contribution in [1.82, 2.24) is 42.6 Å². The minimum Gasteiger partial charge on any atom is -0.353 e. The lowest BCUT2D eigenvalue weighted by Gasteiger charge is -1.97. The molecule has 9 heteroatoms. The molecule has 1 aromatic carbocycles. The van der Waals surface area contributed by atoms with Crippen molar-refractivity contribution in [2.45, 2.75) is 145 Å². The summed E-state index contributed by atoms with van der Waals surface area (Å²) in [5.74, 6) is 0. The number of nitrogens with zero attached hydrogens (tertiary/aromatic N) is 9. The predicted molar refractivity (Wildman–Crippen MR) is 309 cm³/mol. The number of hydrogen-bond donors (Lipinski definition) is 0. The fourth-order valence-corrected chi connectivity index (χ4v) is 8.29. The van der Waals surface area contributed by atoms with Crippen LogP contribution in [0.4, 0.5) is 0 Å². The van der Waals surface area contributed by atoms with Gasteiger partial charge < -0.3 is 22.7 Å². The van der Waals surface area contributed by atoms with Gasteiger partial charge in [0.25, 0.3) is 0 Å². The molecule has 0 saturated carbocycles. The zero-order chi connectivity index (χ0) is 53.6. The molecule has 0 bridgehead atoms. The van der Waals surface area contributed by atoms with Crippen molar-refractivity contribution in [1.29, 1.82) is 0 Å². The summed E-state index contributed by atoms with van der Waals surface area (Å²) in [4.78, 5) is 17.0. The summed E-state index contributed by atoms with van der Waals surface area (Å²) in [5.41, 5.74) is 16.4. The first-order valence-corrected chi connectivity index (χ1v) is 25.5. The summed E-state index contributed by atoms with van der Waals surface area (Å²) in [7, 11) is 8.27. The van der Waals surface area contributed by atoms with E-state index in [1.165, 1.54) is 93.8 Å². The van der Waals surface area contributed by atoms with Gasteiger partial charge in [0.2, 0.25) is 0 Å². The molecule has 10 aromatic rings. The molecule has 70 heavy (non-hydrogen) atoms. The standard InChI is InChI=1S/C11H13N.4C10H12N2.5C2H6/c1-8-5-4-6-10-7-12(3)9(2)11(8)10;1-7-4-11-5-9-6-12(3)8(2)10(7)9;1-7-10-8(2)12(3)6-9(10)4-5-11-7;1-7-6-12-5-4-11-9(3)10(12)8(7)2;1-7-4-5-11-9-6-12(3)8(2)10(7)9;5*1-2/h4-7H,1-3H3;4*4-6H,1-3H3;5*1-2H3. The summed E-state index contributed by atoms with van der Waals surface area (Å²) < 4.78 is 10.7. The maximum Gasteiger partial charge on any atom is 0.0883 e. The molecule has 10 rings (SSSR count). The van der Waals surface area contributed by atoms with Crippen molar-refractivity contribution in [2.75, 3.05) is 0 Å². The van der Waals surface area contributed by atoms with Crippen LogP contribution in [-0.4, -0.2) is 42.6 Å². The van der Waals surface area contributed by atoms with E-state index in [1.54, 1.807) is 0 Å². The maximum absolute atomic E-state index is 4.30. The third-order valence-electron chi connectivity index (χ3n) is 12.1. The first-order valence-electron chi connectivity index (χ1n) is 25.5. The maximum atomic E-state index is 4.30. The lowest BCUT2D eigenvalue weighted by molar-refractivity contribution is 0.888.